The number of nitrogens with two attached hydrogens (primary N) is 1. The molecule has 3 aromatic rings. The zero-order valence-corrected chi connectivity index (χ0v) is 12.6. The van der Waals surface area contributed by atoms with Crippen LogP contribution < -0.4 is 5.73 Å². The molecule has 7 nitrogen and oxygen atoms in total. The highest BCUT2D eigenvalue weighted by atomic mass is 32.1. The van der Waals surface area contributed by atoms with E-state index in [2.05, 4.69) is 15.2 Å². The SMILES string of the molecule is N/C(=N\N=C\c1ccc([N+](=O)[O-])s1)c1ccc2ccccc2n1. The molecule has 1 aromatic carbocycles. The molecule has 0 amide bonds. The first-order chi connectivity index (χ1) is 11.1. The molecular formula is C15H11N5O2S. The van der Waals surface area contributed by atoms with E-state index in [-0.39, 0.29) is 10.8 Å². The molecule has 0 saturated heterocycles. The number of nitro groups is 1. The number of para-hydroxylation sites is 1. The molecule has 2 heterocycles. The van der Waals surface area contributed by atoms with Gasteiger partial charge in [-0.25, -0.2) is 4.98 Å². The molecule has 0 atom stereocenters. The number of nitrogens with zero attached hydrogens (tertiary/aromatic N) is 4. The van der Waals surface area contributed by atoms with Crippen LogP contribution in [0.15, 0.2) is 58.7 Å². The lowest BCUT2D eigenvalue weighted by atomic mass is 10.2. The second-order valence-corrected chi connectivity index (χ2v) is 5.65. The van der Waals surface area contributed by atoms with Gasteiger partial charge in [0.15, 0.2) is 5.84 Å². The number of pyridine rings is 1. The molecule has 0 bridgehead atoms. The van der Waals surface area contributed by atoms with Gasteiger partial charge >= 0.3 is 5.00 Å². The summed E-state index contributed by atoms with van der Waals surface area (Å²) in [6.07, 6.45) is 1.42. The Bertz CT molecular complexity index is 932. The predicted molar refractivity (Wildman–Crippen MR) is 91.0 cm³/mol. The minimum atomic E-state index is -0.446. The summed E-state index contributed by atoms with van der Waals surface area (Å²) in [4.78, 5) is 15.2. The Morgan fingerprint density at radius 3 is 2.83 bits per heavy atom. The fourth-order valence-electron chi connectivity index (χ4n) is 1.92. The van der Waals surface area contributed by atoms with Crippen molar-refractivity contribution in [1.29, 1.82) is 0 Å². The van der Waals surface area contributed by atoms with E-state index in [0.29, 0.717) is 10.6 Å². The average Bonchev–Trinajstić information content (AvgIpc) is 3.03. The molecule has 0 fully saturated rings. The van der Waals surface area contributed by atoms with E-state index in [1.165, 1.54) is 12.3 Å². The van der Waals surface area contributed by atoms with Gasteiger partial charge in [-0.1, -0.05) is 35.6 Å². The molecule has 2 aromatic heterocycles. The average molecular weight is 325 g/mol. The monoisotopic (exact) mass is 325 g/mol. The van der Waals surface area contributed by atoms with Crippen LogP contribution in [0, 0.1) is 10.1 Å². The van der Waals surface area contributed by atoms with Crippen molar-refractivity contribution < 1.29 is 4.92 Å². The molecule has 0 aliphatic rings. The molecule has 0 saturated carbocycles. The van der Waals surface area contributed by atoms with E-state index < -0.39 is 4.92 Å². The molecule has 0 unspecified atom stereocenters. The van der Waals surface area contributed by atoms with Crippen LogP contribution in [0.1, 0.15) is 10.6 Å². The van der Waals surface area contributed by atoms with Gasteiger partial charge in [-0.15, -0.1) is 5.10 Å². The molecule has 3 rings (SSSR count). The van der Waals surface area contributed by atoms with Crippen LogP contribution in [-0.2, 0) is 0 Å². The van der Waals surface area contributed by atoms with Crippen molar-refractivity contribution in [3.8, 4) is 0 Å². The Hall–Kier alpha value is -3.13. The van der Waals surface area contributed by atoms with Crippen molar-refractivity contribution in [2.45, 2.75) is 0 Å². The van der Waals surface area contributed by atoms with Gasteiger partial charge in [0.2, 0.25) is 0 Å². The number of thiophene rings is 1. The highest BCUT2D eigenvalue weighted by Crippen LogP contribution is 2.22. The molecule has 0 spiro atoms. The molecule has 23 heavy (non-hydrogen) atoms. The van der Waals surface area contributed by atoms with Gasteiger partial charge in [0.1, 0.15) is 5.69 Å². The normalized spacial score (nSPS) is 12.1. The van der Waals surface area contributed by atoms with Crippen molar-refractivity contribution in [3.05, 3.63) is 69.2 Å². The van der Waals surface area contributed by atoms with Gasteiger partial charge in [0.05, 0.1) is 21.5 Å². The Labute approximate surface area is 135 Å². The summed E-state index contributed by atoms with van der Waals surface area (Å²) in [5.41, 5.74) is 7.22. The summed E-state index contributed by atoms with van der Waals surface area (Å²) in [5.74, 6) is 0.179. The number of aromatic nitrogens is 1. The van der Waals surface area contributed by atoms with E-state index in [1.807, 2.05) is 30.3 Å². The standard InChI is InChI=1S/C15H11N5O2S/c16-15(13-7-5-10-3-1-2-4-12(10)18-13)19-17-9-11-6-8-14(23-11)20(21)22/h1-9H,(H2,16,19)/b17-9+. The zero-order valence-electron chi connectivity index (χ0n) is 11.8. The minimum absolute atomic E-state index is 0.0552. The fraction of sp³-hybridized carbons (Fsp3) is 0. The second kappa shape index (κ2) is 6.32. The Morgan fingerprint density at radius 1 is 1.22 bits per heavy atom. The number of hydrogen-bond acceptors (Lipinski definition) is 6. The first kappa shape index (κ1) is 14.8. The number of hydrogen-bond donors (Lipinski definition) is 1. The Morgan fingerprint density at radius 2 is 2.04 bits per heavy atom. The van der Waals surface area contributed by atoms with Crippen molar-refractivity contribution in [3.63, 3.8) is 0 Å². The number of benzene rings is 1. The van der Waals surface area contributed by atoms with Crippen molar-refractivity contribution in [2.75, 3.05) is 0 Å². The Balaban J connectivity index is 1.80. The number of amidine groups is 1. The maximum absolute atomic E-state index is 10.6. The lowest BCUT2D eigenvalue weighted by molar-refractivity contribution is -0.380. The van der Waals surface area contributed by atoms with E-state index in [4.69, 9.17) is 5.73 Å². The van der Waals surface area contributed by atoms with E-state index >= 15 is 0 Å². The van der Waals surface area contributed by atoms with Crippen LogP contribution in [0.3, 0.4) is 0 Å². The summed E-state index contributed by atoms with van der Waals surface area (Å²) in [6.45, 7) is 0. The van der Waals surface area contributed by atoms with E-state index in [1.54, 1.807) is 12.1 Å². The summed E-state index contributed by atoms with van der Waals surface area (Å²) in [7, 11) is 0. The third kappa shape index (κ3) is 3.38. The Kier molecular flexibility index (Phi) is 4.07. The largest absolute Gasteiger partial charge is 0.380 e. The van der Waals surface area contributed by atoms with Gasteiger partial charge in [0.25, 0.3) is 0 Å². The molecule has 0 aliphatic carbocycles. The lowest BCUT2D eigenvalue weighted by Gasteiger charge is -2.00. The van der Waals surface area contributed by atoms with Gasteiger partial charge < -0.3 is 5.73 Å². The zero-order chi connectivity index (χ0) is 16.2. The molecule has 0 aliphatic heterocycles. The predicted octanol–water partition coefficient (Wildman–Crippen LogP) is 2.94. The van der Waals surface area contributed by atoms with Crippen LogP contribution in [0.2, 0.25) is 0 Å². The molecule has 0 radical (unpaired) electrons. The number of fused-ring (bicyclic) bond motifs is 1. The van der Waals surface area contributed by atoms with E-state index in [9.17, 15) is 10.1 Å². The van der Waals surface area contributed by atoms with E-state index in [0.717, 1.165) is 22.2 Å². The smallest absolute Gasteiger partial charge is 0.324 e. The fourth-order valence-corrected chi connectivity index (χ4v) is 2.61. The van der Waals surface area contributed by atoms with Gasteiger partial charge in [-0.2, -0.15) is 5.10 Å². The van der Waals surface area contributed by atoms with Crippen LogP contribution in [0.25, 0.3) is 10.9 Å². The highest BCUT2D eigenvalue weighted by Gasteiger charge is 2.08. The summed E-state index contributed by atoms with van der Waals surface area (Å²) in [6, 6.07) is 14.4. The maximum Gasteiger partial charge on any atom is 0.324 e. The topological polar surface area (TPSA) is 107 Å². The third-order valence-corrected chi connectivity index (χ3v) is 3.98. The van der Waals surface area contributed by atoms with Gasteiger partial charge in [0, 0.05) is 11.5 Å². The van der Waals surface area contributed by atoms with Crippen LogP contribution >= 0.6 is 11.3 Å². The lowest BCUT2D eigenvalue weighted by Crippen LogP contribution is -2.14. The first-order valence-electron chi connectivity index (χ1n) is 6.60. The molecule has 114 valence electrons. The first-order valence-corrected chi connectivity index (χ1v) is 7.42. The minimum Gasteiger partial charge on any atom is -0.380 e. The van der Waals surface area contributed by atoms with Gasteiger partial charge in [-0.05, 0) is 18.2 Å². The third-order valence-electron chi connectivity index (χ3n) is 3.00. The molecule has 8 heteroatoms. The van der Waals surface area contributed by atoms with Crippen LogP contribution in [-0.4, -0.2) is 22.0 Å². The van der Waals surface area contributed by atoms with Crippen molar-refractivity contribution >= 4 is 39.3 Å². The summed E-state index contributed by atoms with van der Waals surface area (Å²) < 4.78 is 0. The maximum atomic E-state index is 10.6. The quantitative estimate of drug-likeness (QED) is 0.344. The second-order valence-electron chi connectivity index (χ2n) is 4.55. The highest BCUT2D eigenvalue weighted by molar-refractivity contribution is 7.16. The van der Waals surface area contributed by atoms with Crippen LogP contribution in [0.5, 0.6) is 0 Å². The van der Waals surface area contributed by atoms with Gasteiger partial charge in [-0.3, -0.25) is 10.1 Å². The van der Waals surface area contributed by atoms with Crippen LogP contribution in [0.4, 0.5) is 5.00 Å². The number of rotatable bonds is 4. The van der Waals surface area contributed by atoms with Crippen molar-refractivity contribution in [2.24, 2.45) is 15.9 Å². The van der Waals surface area contributed by atoms with Crippen molar-refractivity contribution in [1.82, 2.24) is 4.98 Å². The molecule has 2 N–H and O–H groups in total. The summed E-state index contributed by atoms with van der Waals surface area (Å²) >= 11 is 1.02. The molecular weight excluding hydrogens is 314 g/mol. The summed E-state index contributed by atoms with van der Waals surface area (Å²) in [5, 5.41) is 19.4.